The van der Waals surface area contributed by atoms with Gasteiger partial charge in [0.1, 0.15) is 29.1 Å². The first-order valence-corrected chi connectivity index (χ1v) is 7.78. The zero-order valence-corrected chi connectivity index (χ0v) is 14.6. The summed E-state index contributed by atoms with van der Waals surface area (Å²) in [5, 5.41) is 0. The van der Waals surface area contributed by atoms with Gasteiger partial charge in [-0.1, -0.05) is 0 Å². The van der Waals surface area contributed by atoms with Crippen molar-refractivity contribution in [2.45, 2.75) is 12.5 Å². The van der Waals surface area contributed by atoms with Gasteiger partial charge in [-0.2, -0.15) is 0 Å². The minimum Gasteiger partial charge on any atom is -0.497 e. The lowest BCUT2D eigenvalue weighted by atomic mass is 10.0. The average Bonchev–Trinajstić information content (AvgIpc) is 3.10. The molecule has 0 radical (unpaired) electrons. The maximum Gasteiger partial charge on any atom is 0.338 e. The largest absolute Gasteiger partial charge is 0.497 e. The van der Waals surface area contributed by atoms with Crippen LogP contribution in [0.25, 0.3) is 0 Å². The van der Waals surface area contributed by atoms with Crippen molar-refractivity contribution in [1.29, 1.82) is 0 Å². The first kappa shape index (κ1) is 17.0. The van der Waals surface area contributed by atoms with Gasteiger partial charge in [0.2, 0.25) is 0 Å². The van der Waals surface area contributed by atoms with E-state index in [1.807, 2.05) is 18.2 Å². The van der Waals surface area contributed by atoms with Gasteiger partial charge >= 0.3 is 5.97 Å². The Labute approximate surface area is 146 Å². The van der Waals surface area contributed by atoms with E-state index in [9.17, 15) is 4.79 Å². The monoisotopic (exact) mass is 344 g/mol. The van der Waals surface area contributed by atoms with E-state index < -0.39 is 5.97 Å². The summed E-state index contributed by atoms with van der Waals surface area (Å²) < 4.78 is 26.9. The molecule has 0 saturated carbocycles. The number of fused-ring (bicyclic) bond motifs is 1. The Balaban J connectivity index is 1.97. The third-order valence-electron chi connectivity index (χ3n) is 4.21. The van der Waals surface area contributed by atoms with Crippen molar-refractivity contribution in [2.75, 3.05) is 28.4 Å². The molecule has 1 heterocycles. The zero-order valence-electron chi connectivity index (χ0n) is 14.6. The fourth-order valence-corrected chi connectivity index (χ4v) is 2.93. The molecule has 132 valence electrons. The molecule has 3 rings (SSSR count). The third-order valence-corrected chi connectivity index (χ3v) is 4.21. The molecule has 25 heavy (non-hydrogen) atoms. The molecule has 2 aromatic rings. The Kier molecular flexibility index (Phi) is 4.70. The number of ether oxygens (including phenoxy) is 5. The van der Waals surface area contributed by atoms with Crippen molar-refractivity contribution in [3.8, 4) is 23.0 Å². The summed E-state index contributed by atoms with van der Waals surface area (Å²) in [7, 11) is 6.12. The highest BCUT2D eigenvalue weighted by molar-refractivity contribution is 5.90. The Morgan fingerprint density at radius 1 is 0.960 bits per heavy atom. The second-order valence-corrected chi connectivity index (χ2v) is 5.60. The number of benzene rings is 2. The first-order chi connectivity index (χ1) is 12.1. The summed E-state index contributed by atoms with van der Waals surface area (Å²) in [6, 6.07) is 8.98. The first-order valence-electron chi connectivity index (χ1n) is 7.78. The third kappa shape index (κ3) is 3.20. The second-order valence-electron chi connectivity index (χ2n) is 5.60. The SMILES string of the molecule is COC(=O)c1cc(OC)c2c(c1)OC(c1cc(OC)cc(OC)c1)C2. The smallest absolute Gasteiger partial charge is 0.338 e. The molecule has 0 spiro atoms. The van der Waals surface area contributed by atoms with Gasteiger partial charge in [0, 0.05) is 18.1 Å². The van der Waals surface area contributed by atoms with Crippen LogP contribution < -0.4 is 18.9 Å². The molecular weight excluding hydrogens is 324 g/mol. The van der Waals surface area contributed by atoms with Crippen LogP contribution in [0.1, 0.15) is 27.6 Å². The minimum atomic E-state index is -0.434. The van der Waals surface area contributed by atoms with Crippen molar-refractivity contribution in [3.63, 3.8) is 0 Å². The van der Waals surface area contributed by atoms with Gasteiger partial charge < -0.3 is 23.7 Å². The summed E-state index contributed by atoms with van der Waals surface area (Å²) in [4.78, 5) is 11.8. The maximum absolute atomic E-state index is 11.8. The number of methoxy groups -OCH3 is 4. The highest BCUT2D eigenvalue weighted by Crippen LogP contribution is 2.43. The topological polar surface area (TPSA) is 63.2 Å². The quantitative estimate of drug-likeness (QED) is 0.777. The highest BCUT2D eigenvalue weighted by atomic mass is 16.5. The molecule has 6 heteroatoms. The fraction of sp³-hybridized carbons (Fsp3) is 0.316. The lowest BCUT2D eigenvalue weighted by Gasteiger charge is -2.14. The summed E-state index contributed by atoms with van der Waals surface area (Å²) in [6.07, 6.45) is 0.400. The van der Waals surface area contributed by atoms with Crippen LogP contribution in [0.5, 0.6) is 23.0 Å². The van der Waals surface area contributed by atoms with Crippen LogP contribution in [0.2, 0.25) is 0 Å². The Morgan fingerprint density at radius 3 is 2.20 bits per heavy atom. The Bertz CT molecular complexity index is 776. The number of rotatable bonds is 5. The van der Waals surface area contributed by atoms with Crippen LogP contribution in [-0.2, 0) is 11.2 Å². The molecule has 1 aliphatic rings. The van der Waals surface area contributed by atoms with Gasteiger partial charge in [-0.3, -0.25) is 0 Å². The standard InChI is InChI=1S/C19H20O6/c1-21-13-5-11(6-14(9-13)22-2)16-10-15-17(23-3)7-12(19(20)24-4)8-18(15)25-16/h5-9,16H,10H2,1-4H3. The number of hydrogen-bond donors (Lipinski definition) is 0. The van der Waals surface area contributed by atoms with E-state index in [-0.39, 0.29) is 6.10 Å². The lowest BCUT2D eigenvalue weighted by Crippen LogP contribution is -2.04. The summed E-state index contributed by atoms with van der Waals surface area (Å²) >= 11 is 0. The van der Waals surface area contributed by atoms with Crippen LogP contribution in [0.3, 0.4) is 0 Å². The predicted octanol–water partition coefficient (Wildman–Crippen LogP) is 3.18. The van der Waals surface area contributed by atoms with Crippen LogP contribution in [0, 0.1) is 0 Å². The minimum absolute atomic E-state index is 0.221. The van der Waals surface area contributed by atoms with E-state index in [1.165, 1.54) is 7.11 Å². The summed E-state index contributed by atoms with van der Waals surface area (Å²) in [6.45, 7) is 0. The molecule has 0 N–H and O–H groups in total. The lowest BCUT2D eigenvalue weighted by molar-refractivity contribution is 0.0599. The van der Waals surface area contributed by atoms with Gasteiger partial charge in [-0.15, -0.1) is 0 Å². The molecule has 0 fully saturated rings. The molecule has 1 atom stereocenters. The number of carbonyl (C=O) groups is 1. The van der Waals surface area contributed by atoms with Crippen LogP contribution in [0.4, 0.5) is 0 Å². The maximum atomic E-state index is 11.8. The zero-order chi connectivity index (χ0) is 18.0. The Morgan fingerprint density at radius 2 is 1.64 bits per heavy atom. The molecular formula is C19H20O6. The molecule has 2 aromatic carbocycles. The van der Waals surface area contributed by atoms with Gasteiger partial charge in [0.25, 0.3) is 0 Å². The summed E-state index contributed by atoms with van der Waals surface area (Å²) in [5.41, 5.74) is 2.23. The van der Waals surface area contributed by atoms with Gasteiger partial charge in [0.05, 0.1) is 34.0 Å². The highest BCUT2D eigenvalue weighted by Gasteiger charge is 2.30. The van der Waals surface area contributed by atoms with Gasteiger partial charge in [0.15, 0.2) is 0 Å². The molecule has 0 amide bonds. The van der Waals surface area contributed by atoms with E-state index >= 15 is 0 Å². The van der Waals surface area contributed by atoms with E-state index in [0.717, 1.165) is 11.1 Å². The van der Waals surface area contributed by atoms with Crippen molar-refractivity contribution >= 4 is 5.97 Å². The predicted molar refractivity (Wildman–Crippen MR) is 91.0 cm³/mol. The Hall–Kier alpha value is -2.89. The summed E-state index contributed by atoms with van der Waals surface area (Å²) in [5.74, 6) is 2.17. The molecule has 0 aliphatic carbocycles. The number of esters is 1. The molecule has 0 aromatic heterocycles. The normalized spacial score (nSPS) is 15.1. The van der Waals surface area contributed by atoms with Crippen molar-refractivity contribution < 1.29 is 28.5 Å². The fourth-order valence-electron chi connectivity index (χ4n) is 2.93. The molecule has 1 aliphatic heterocycles. The van der Waals surface area contributed by atoms with E-state index in [4.69, 9.17) is 23.7 Å². The van der Waals surface area contributed by atoms with Crippen LogP contribution in [-0.4, -0.2) is 34.4 Å². The van der Waals surface area contributed by atoms with Crippen molar-refractivity contribution in [3.05, 3.63) is 47.0 Å². The van der Waals surface area contributed by atoms with Crippen LogP contribution in [0.15, 0.2) is 30.3 Å². The molecule has 0 saturated heterocycles. The van der Waals surface area contributed by atoms with Crippen molar-refractivity contribution in [1.82, 2.24) is 0 Å². The van der Waals surface area contributed by atoms with Crippen LogP contribution >= 0.6 is 0 Å². The molecule has 6 nitrogen and oxygen atoms in total. The second kappa shape index (κ2) is 6.93. The van der Waals surface area contributed by atoms with Crippen molar-refractivity contribution in [2.24, 2.45) is 0 Å². The molecule has 1 unspecified atom stereocenters. The van der Waals surface area contributed by atoms with Gasteiger partial charge in [-0.05, 0) is 29.8 Å². The van der Waals surface area contributed by atoms with E-state index in [2.05, 4.69) is 0 Å². The van der Waals surface area contributed by atoms with Gasteiger partial charge in [-0.25, -0.2) is 4.79 Å². The number of hydrogen-bond acceptors (Lipinski definition) is 6. The number of carbonyl (C=O) groups excluding carboxylic acids is 1. The van der Waals surface area contributed by atoms with E-state index in [0.29, 0.717) is 35.0 Å². The molecule has 0 bridgehead atoms. The van der Waals surface area contributed by atoms with E-state index in [1.54, 1.807) is 33.5 Å². The average molecular weight is 344 g/mol.